The summed E-state index contributed by atoms with van der Waals surface area (Å²) < 4.78 is 45.4. The van der Waals surface area contributed by atoms with E-state index >= 15 is 0 Å². The van der Waals surface area contributed by atoms with Gasteiger partial charge in [0.25, 0.3) is 0 Å². The van der Waals surface area contributed by atoms with E-state index in [0.29, 0.717) is 32.0 Å². The van der Waals surface area contributed by atoms with Crippen molar-refractivity contribution in [2.75, 3.05) is 45.2 Å². The second-order valence-corrected chi connectivity index (χ2v) is 5.74. The average molecular weight is 377 g/mol. The molecule has 0 spiro atoms. The fourth-order valence-electron chi connectivity index (χ4n) is 2.15. The Morgan fingerprint density at radius 1 is 1.32 bits per heavy atom. The van der Waals surface area contributed by atoms with Gasteiger partial charge in [-0.05, 0) is 36.5 Å². The number of ether oxygens (including phenoxy) is 2. The molecule has 1 aliphatic heterocycles. The van der Waals surface area contributed by atoms with Gasteiger partial charge < -0.3 is 24.6 Å². The molecular formula is C15H18F3N3O3S. The molecule has 6 nitrogen and oxygen atoms in total. The van der Waals surface area contributed by atoms with Crippen LogP contribution in [0.2, 0.25) is 0 Å². The minimum Gasteiger partial charge on any atom is -0.406 e. The SMILES string of the molecule is CN(CC(=O)N1CCOCC1)C(=S)Nc1ccc(OC(F)(F)F)cc1. The number of nitrogens with zero attached hydrogens (tertiary/aromatic N) is 2. The first-order valence-corrected chi connectivity index (χ1v) is 7.89. The van der Waals surface area contributed by atoms with E-state index in [1.54, 1.807) is 16.8 Å². The molecule has 1 aromatic rings. The molecule has 0 bridgehead atoms. The number of carbonyl (C=O) groups is 1. The fourth-order valence-corrected chi connectivity index (χ4v) is 2.33. The van der Waals surface area contributed by atoms with E-state index in [2.05, 4.69) is 10.1 Å². The number of morpholine rings is 1. The minimum atomic E-state index is -4.73. The molecule has 0 aliphatic carbocycles. The highest BCUT2D eigenvalue weighted by molar-refractivity contribution is 7.80. The molecule has 1 aliphatic rings. The first-order chi connectivity index (χ1) is 11.7. The number of hydrogen-bond donors (Lipinski definition) is 1. The van der Waals surface area contributed by atoms with Crippen molar-refractivity contribution in [2.45, 2.75) is 6.36 Å². The van der Waals surface area contributed by atoms with Crippen molar-refractivity contribution in [1.82, 2.24) is 9.80 Å². The van der Waals surface area contributed by atoms with E-state index in [9.17, 15) is 18.0 Å². The van der Waals surface area contributed by atoms with E-state index in [-0.39, 0.29) is 23.3 Å². The van der Waals surface area contributed by atoms with Crippen molar-refractivity contribution < 1.29 is 27.4 Å². The van der Waals surface area contributed by atoms with Crippen LogP contribution in [0.3, 0.4) is 0 Å². The number of amides is 1. The average Bonchev–Trinajstić information content (AvgIpc) is 2.56. The van der Waals surface area contributed by atoms with Crippen LogP contribution in [0.4, 0.5) is 18.9 Å². The zero-order valence-corrected chi connectivity index (χ0v) is 14.3. The van der Waals surface area contributed by atoms with Crippen LogP contribution in [0.15, 0.2) is 24.3 Å². The quantitative estimate of drug-likeness (QED) is 0.811. The Kier molecular flexibility index (Phi) is 6.43. The number of hydrogen-bond acceptors (Lipinski definition) is 4. The van der Waals surface area contributed by atoms with Crippen molar-refractivity contribution >= 4 is 28.9 Å². The lowest BCUT2D eigenvalue weighted by molar-refractivity contribution is -0.274. The lowest BCUT2D eigenvalue weighted by Crippen LogP contribution is -2.46. The summed E-state index contributed by atoms with van der Waals surface area (Å²) in [5.74, 6) is -0.385. The maximum Gasteiger partial charge on any atom is 0.573 e. The topological polar surface area (TPSA) is 54.0 Å². The Morgan fingerprint density at radius 2 is 1.92 bits per heavy atom. The van der Waals surface area contributed by atoms with Gasteiger partial charge in [-0.1, -0.05) is 0 Å². The number of thiocarbonyl (C=S) groups is 1. The molecule has 1 amide bonds. The van der Waals surface area contributed by atoms with Gasteiger partial charge in [0.1, 0.15) is 5.75 Å². The van der Waals surface area contributed by atoms with E-state index in [1.807, 2.05) is 0 Å². The van der Waals surface area contributed by atoms with E-state index < -0.39 is 6.36 Å². The number of nitrogens with one attached hydrogen (secondary N) is 1. The summed E-state index contributed by atoms with van der Waals surface area (Å²) in [6.07, 6.45) is -4.73. The standard InChI is InChI=1S/C15H18F3N3O3S/c1-20(10-13(22)21-6-8-23-9-7-21)14(25)19-11-2-4-12(5-3-11)24-15(16,17)18/h2-5H,6-10H2,1H3,(H,19,25). The molecule has 1 heterocycles. The third-order valence-electron chi connectivity index (χ3n) is 3.42. The van der Waals surface area contributed by atoms with E-state index in [1.165, 1.54) is 24.3 Å². The van der Waals surface area contributed by atoms with Crippen molar-refractivity contribution in [3.8, 4) is 5.75 Å². The number of anilines is 1. The minimum absolute atomic E-state index is 0.0659. The summed E-state index contributed by atoms with van der Waals surface area (Å²) in [6.45, 7) is 2.23. The number of rotatable bonds is 4. The zero-order chi connectivity index (χ0) is 18.4. The van der Waals surface area contributed by atoms with Crippen molar-refractivity contribution in [3.63, 3.8) is 0 Å². The zero-order valence-electron chi connectivity index (χ0n) is 13.5. The molecule has 138 valence electrons. The summed E-state index contributed by atoms with van der Waals surface area (Å²) in [7, 11) is 1.66. The highest BCUT2D eigenvalue weighted by Gasteiger charge is 2.31. The van der Waals surface area contributed by atoms with Crippen molar-refractivity contribution in [2.24, 2.45) is 0 Å². The second kappa shape index (κ2) is 8.34. The van der Waals surface area contributed by atoms with Gasteiger partial charge in [-0.15, -0.1) is 13.2 Å². The largest absolute Gasteiger partial charge is 0.573 e. The molecule has 0 atom stereocenters. The maximum atomic E-state index is 12.2. The summed E-state index contributed by atoms with van der Waals surface area (Å²) in [6, 6.07) is 5.17. The Morgan fingerprint density at radius 3 is 2.48 bits per heavy atom. The van der Waals surface area contributed by atoms with Crippen LogP contribution in [0, 0.1) is 0 Å². The fraction of sp³-hybridized carbons (Fsp3) is 0.467. The summed E-state index contributed by atoms with van der Waals surface area (Å²) in [5, 5.41) is 3.15. The Bertz CT molecular complexity index is 604. The predicted octanol–water partition coefficient (Wildman–Crippen LogP) is 2.07. The molecule has 1 N–H and O–H groups in total. The third kappa shape index (κ3) is 6.39. The molecule has 0 saturated carbocycles. The lowest BCUT2D eigenvalue weighted by Gasteiger charge is -2.29. The van der Waals surface area contributed by atoms with Crippen LogP contribution < -0.4 is 10.1 Å². The van der Waals surface area contributed by atoms with Gasteiger partial charge >= 0.3 is 6.36 Å². The first kappa shape index (κ1) is 19.3. The van der Waals surface area contributed by atoms with Gasteiger partial charge in [0.05, 0.1) is 19.8 Å². The summed E-state index contributed by atoms with van der Waals surface area (Å²) in [4.78, 5) is 15.4. The molecule has 2 rings (SSSR count). The molecular weight excluding hydrogens is 359 g/mol. The Hall–Kier alpha value is -2.07. The highest BCUT2D eigenvalue weighted by atomic mass is 32.1. The van der Waals surface area contributed by atoms with Gasteiger partial charge in [-0.2, -0.15) is 0 Å². The van der Waals surface area contributed by atoms with E-state index in [0.717, 1.165) is 0 Å². The molecule has 1 saturated heterocycles. The van der Waals surface area contributed by atoms with Crippen molar-refractivity contribution in [1.29, 1.82) is 0 Å². The number of likely N-dealkylation sites (N-methyl/N-ethyl adjacent to an activating group) is 1. The van der Waals surface area contributed by atoms with Gasteiger partial charge in [0.15, 0.2) is 5.11 Å². The summed E-state index contributed by atoms with van der Waals surface area (Å²) >= 11 is 5.21. The van der Waals surface area contributed by atoms with Gasteiger partial charge in [0, 0.05) is 25.8 Å². The second-order valence-electron chi connectivity index (χ2n) is 5.35. The van der Waals surface area contributed by atoms with E-state index in [4.69, 9.17) is 17.0 Å². The molecule has 1 aromatic carbocycles. The van der Waals surface area contributed by atoms with Crippen molar-refractivity contribution in [3.05, 3.63) is 24.3 Å². The highest BCUT2D eigenvalue weighted by Crippen LogP contribution is 2.24. The number of carbonyl (C=O) groups excluding carboxylic acids is 1. The molecule has 0 radical (unpaired) electrons. The molecule has 0 unspecified atom stereocenters. The molecule has 10 heteroatoms. The molecule has 0 aromatic heterocycles. The molecule has 1 fully saturated rings. The lowest BCUT2D eigenvalue weighted by atomic mass is 10.3. The van der Waals surface area contributed by atoms with Crippen LogP contribution in [0.5, 0.6) is 5.75 Å². The van der Waals surface area contributed by atoms with Gasteiger partial charge in [-0.3, -0.25) is 4.79 Å². The number of halogens is 3. The smallest absolute Gasteiger partial charge is 0.406 e. The molecule has 25 heavy (non-hydrogen) atoms. The number of alkyl halides is 3. The van der Waals surface area contributed by atoms with Gasteiger partial charge in [-0.25, -0.2) is 0 Å². The van der Waals surface area contributed by atoms with Crippen LogP contribution in [-0.2, 0) is 9.53 Å². The van der Waals surface area contributed by atoms with Crippen LogP contribution in [0.1, 0.15) is 0 Å². The predicted molar refractivity (Wildman–Crippen MR) is 89.4 cm³/mol. The van der Waals surface area contributed by atoms with Gasteiger partial charge in [0.2, 0.25) is 5.91 Å². The van der Waals surface area contributed by atoms with Crippen LogP contribution in [-0.4, -0.2) is 67.1 Å². The Labute approximate surface area is 148 Å². The monoisotopic (exact) mass is 377 g/mol. The normalized spacial score (nSPS) is 14.8. The third-order valence-corrected chi connectivity index (χ3v) is 3.84. The van der Waals surface area contributed by atoms with Crippen LogP contribution >= 0.6 is 12.2 Å². The summed E-state index contributed by atoms with van der Waals surface area (Å²) in [5.41, 5.74) is 0.491. The number of benzene rings is 1. The Balaban J connectivity index is 1.84. The maximum absolute atomic E-state index is 12.2. The van der Waals surface area contributed by atoms with Crippen LogP contribution in [0.25, 0.3) is 0 Å². The first-order valence-electron chi connectivity index (χ1n) is 7.48.